The van der Waals surface area contributed by atoms with Crippen LogP contribution >= 0.6 is 0 Å². The van der Waals surface area contributed by atoms with Crippen LogP contribution < -0.4 is 10.1 Å². The van der Waals surface area contributed by atoms with E-state index in [2.05, 4.69) is 20.2 Å². The summed E-state index contributed by atoms with van der Waals surface area (Å²) in [6, 6.07) is 13.1. The highest BCUT2D eigenvalue weighted by Crippen LogP contribution is 2.33. The maximum absolute atomic E-state index is 13.0. The number of likely N-dealkylation sites (tertiary alicyclic amines) is 2. The van der Waals surface area contributed by atoms with E-state index < -0.39 is 17.8 Å². The van der Waals surface area contributed by atoms with Crippen molar-refractivity contribution in [3.05, 3.63) is 78.4 Å². The van der Waals surface area contributed by atoms with Crippen LogP contribution in [0.1, 0.15) is 24.6 Å². The van der Waals surface area contributed by atoms with Crippen molar-refractivity contribution in [2.45, 2.75) is 38.1 Å². The second-order valence-electron chi connectivity index (χ2n) is 10.0. The topological polar surface area (TPSA) is 92.6 Å². The number of hydrogen-bond donors (Lipinski definition) is 1. The summed E-state index contributed by atoms with van der Waals surface area (Å²) < 4.78 is 46.3. The highest BCUT2D eigenvalue weighted by Gasteiger charge is 2.44. The fourth-order valence-corrected chi connectivity index (χ4v) is 5.49. The third kappa shape index (κ3) is 5.09. The molecule has 12 heteroatoms. The van der Waals surface area contributed by atoms with E-state index in [-0.39, 0.29) is 17.6 Å². The molecular weight excluding hydrogens is 525 g/mol. The van der Waals surface area contributed by atoms with Gasteiger partial charge in [0, 0.05) is 62.0 Å². The smallest absolute Gasteiger partial charge is 0.416 e. The van der Waals surface area contributed by atoms with Gasteiger partial charge in [-0.25, -0.2) is 14.8 Å². The number of ether oxygens (including phenoxy) is 1. The molecule has 0 saturated carbocycles. The van der Waals surface area contributed by atoms with Gasteiger partial charge in [-0.1, -0.05) is 6.07 Å². The largest absolute Gasteiger partial charge is 0.439 e. The molecule has 9 nitrogen and oxygen atoms in total. The Bertz CT molecular complexity index is 1600. The molecule has 2 saturated heterocycles. The van der Waals surface area contributed by atoms with E-state index >= 15 is 0 Å². The molecule has 0 unspecified atom stereocenters. The van der Waals surface area contributed by atoms with Crippen molar-refractivity contribution in [1.29, 1.82) is 0 Å². The first-order valence-electron chi connectivity index (χ1n) is 12.7. The van der Waals surface area contributed by atoms with Crippen molar-refractivity contribution < 1.29 is 27.5 Å². The number of piperazine rings is 1. The van der Waals surface area contributed by atoms with E-state index in [1.54, 1.807) is 37.3 Å². The van der Waals surface area contributed by atoms with Gasteiger partial charge >= 0.3 is 12.2 Å². The van der Waals surface area contributed by atoms with Gasteiger partial charge < -0.3 is 15.0 Å². The molecule has 0 radical (unpaired) electrons. The highest BCUT2D eigenvalue weighted by atomic mass is 19.4. The number of nitrogens with one attached hydrogen (secondary N) is 1. The monoisotopic (exact) mass is 550 g/mol. The second kappa shape index (κ2) is 9.94. The quantitative estimate of drug-likeness (QED) is 0.371. The molecule has 0 aliphatic carbocycles. The van der Waals surface area contributed by atoms with E-state index in [1.165, 1.54) is 29.2 Å². The van der Waals surface area contributed by atoms with Crippen LogP contribution in [0.5, 0.6) is 11.6 Å². The summed E-state index contributed by atoms with van der Waals surface area (Å²) in [5.41, 5.74) is 0.568. The van der Waals surface area contributed by atoms with Crippen LogP contribution in [-0.2, 0) is 17.5 Å². The number of hydrogen-bond acceptors (Lipinski definition) is 6. The Labute approximate surface area is 227 Å². The van der Waals surface area contributed by atoms with Crippen LogP contribution in [0, 0.1) is 0 Å². The van der Waals surface area contributed by atoms with Crippen LogP contribution in [0.2, 0.25) is 0 Å². The van der Waals surface area contributed by atoms with Gasteiger partial charge in [-0.3, -0.25) is 14.3 Å². The summed E-state index contributed by atoms with van der Waals surface area (Å²) in [5.74, 6) is 1.000. The predicted octanol–water partition coefficient (Wildman–Crippen LogP) is 5.13. The Hall–Kier alpha value is -4.45. The van der Waals surface area contributed by atoms with Crippen LogP contribution in [0.4, 0.5) is 23.7 Å². The zero-order chi connectivity index (χ0) is 28.0. The number of carbonyl (C=O) groups is 2. The number of aromatic nitrogens is 3. The number of halogens is 3. The van der Waals surface area contributed by atoms with Crippen LogP contribution in [0.3, 0.4) is 0 Å². The number of carbonyl (C=O) groups excluding carboxylic acids is 2. The minimum atomic E-state index is -4.51. The molecule has 2 bridgehead atoms. The lowest BCUT2D eigenvalue weighted by Gasteiger charge is -2.33. The Balaban J connectivity index is 1.12. The fraction of sp³-hybridized carbons (Fsp3) is 0.286. The van der Waals surface area contributed by atoms with Gasteiger partial charge in [0.15, 0.2) is 0 Å². The van der Waals surface area contributed by atoms with Gasteiger partial charge in [0.05, 0.1) is 16.8 Å². The number of amides is 2. The second-order valence-corrected chi connectivity index (χ2v) is 10.0. The summed E-state index contributed by atoms with van der Waals surface area (Å²) in [7, 11) is 0. The van der Waals surface area contributed by atoms with Crippen molar-refractivity contribution >= 4 is 28.5 Å². The summed E-state index contributed by atoms with van der Waals surface area (Å²) in [4.78, 5) is 37.4. The lowest BCUT2D eigenvalue weighted by atomic mass is 10.2. The first-order valence-corrected chi connectivity index (χ1v) is 12.7. The molecule has 2 amide bonds. The van der Waals surface area contributed by atoms with Crippen molar-refractivity contribution in [1.82, 2.24) is 24.3 Å². The molecule has 2 aliphatic rings. The Morgan fingerprint density at radius 2 is 1.90 bits per heavy atom. The molecular formula is C28H25F3N6O3. The van der Waals surface area contributed by atoms with Crippen LogP contribution in [0.15, 0.2) is 67.1 Å². The molecule has 40 heavy (non-hydrogen) atoms. The zero-order valence-electron chi connectivity index (χ0n) is 21.4. The highest BCUT2D eigenvalue weighted by molar-refractivity contribution is 5.98. The van der Waals surface area contributed by atoms with E-state index in [1.807, 2.05) is 4.90 Å². The Kier molecular flexibility index (Phi) is 6.41. The third-order valence-corrected chi connectivity index (χ3v) is 7.37. The average molecular weight is 551 g/mol. The number of benzene rings is 2. The predicted molar refractivity (Wildman–Crippen MR) is 140 cm³/mol. The SMILES string of the molecule is CC(=O)N1C[C@H]2C[C@H]1CN2Cc1cc(Oc2ccc3c(ccn3C(=O)Nc3cccc(C(F)(F)F)c3)c2)ncn1. The maximum atomic E-state index is 13.0. The molecule has 4 aromatic rings. The third-order valence-electron chi connectivity index (χ3n) is 7.37. The molecule has 4 heterocycles. The molecule has 6 rings (SSSR count). The van der Waals surface area contributed by atoms with Gasteiger partial charge in [0.2, 0.25) is 11.8 Å². The van der Waals surface area contributed by atoms with Gasteiger partial charge in [-0.05, 0) is 48.9 Å². The van der Waals surface area contributed by atoms with Gasteiger partial charge in [0.1, 0.15) is 12.1 Å². The van der Waals surface area contributed by atoms with Crippen LogP contribution in [0.25, 0.3) is 10.9 Å². The molecule has 0 spiro atoms. The van der Waals surface area contributed by atoms with Crippen molar-refractivity contribution in [3.8, 4) is 11.6 Å². The molecule has 2 aliphatic heterocycles. The van der Waals surface area contributed by atoms with Crippen molar-refractivity contribution in [2.75, 3.05) is 18.4 Å². The summed E-state index contributed by atoms with van der Waals surface area (Å²) in [6.45, 7) is 3.81. The molecule has 1 N–H and O–H groups in total. The van der Waals surface area contributed by atoms with E-state index in [4.69, 9.17) is 4.74 Å². The molecule has 206 valence electrons. The van der Waals surface area contributed by atoms with E-state index in [9.17, 15) is 22.8 Å². The van der Waals surface area contributed by atoms with Gasteiger partial charge in [-0.2, -0.15) is 13.2 Å². The minimum Gasteiger partial charge on any atom is -0.439 e. The maximum Gasteiger partial charge on any atom is 0.416 e. The normalized spacial score (nSPS) is 18.9. The van der Waals surface area contributed by atoms with Crippen molar-refractivity contribution in [3.63, 3.8) is 0 Å². The first kappa shape index (κ1) is 25.8. The zero-order valence-corrected chi connectivity index (χ0v) is 21.4. The number of nitrogens with zero attached hydrogens (tertiary/aromatic N) is 5. The Morgan fingerprint density at radius 3 is 2.65 bits per heavy atom. The fourth-order valence-electron chi connectivity index (χ4n) is 5.49. The number of fused-ring (bicyclic) bond motifs is 3. The number of rotatable bonds is 5. The van der Waals surface area contributed by atoms with Gasteiger partial charge in [0.25, 0.3) is 0 Å². The molecule has 2 aromatic heterocycles. The molecule has 2 fully saturated rings. The van der Waals surface area contributed by atoms with E-state index in [0.717, 1.165) is 37.3 Å². The van der Waals surface area contributed by atoms with Gasteiger partial charge in [-0.15, -0.1) is 0 Å². The number of anilines is 1. The van der Waals surface area contributed by atoms with E-state index in [0.29, 0.717) is 35.1 Å². The summed E-state index contributed by atoms with van der Waals surface area (Å²) >= 11 is 0. The van der Waals surface area contributed by atoms with Crippen LogP contribution in [-0.4, -0.2) is 61.4 Å². The summed E-state index contributed by atoms with van der Waals surface area (Å²) in [6.07, 6.45) is -0.537. The minimum absolute atomic E-state index is 0.0409. The Morgan fingerprint density at radius 1 is 1.05 bits per heavy atom. The lowest BCUT2D eigenvalue weighted by molar-refractivity contribution is -0.137. The lowest BCUT2D eigenvalue weighted by Crippen LogP contribution is -2.47. The number of alkyl halides is 3. The van der Waals surface area contributed by atoms with Crippen molar-refractivity contribution in [2.24, 2.45) is 0 Å². The standard InChI is InChI=1S/C28H25F3N6O3/c1-17(38)37-15-22-12-23(37)14-35(22)13-21-11-26(33-16-32-21)40-24-5-6-25-18(9-24)7-8-36(25)27(39)34-20-4-2-3-19(10-20)28(29,30)31/h2-11,16,22-23H,12-15H2,1H3,(H,34,39)/t22-,23+/m1/s1. The average Bonchev–Trinajstić information content (AvgIpc) is 3.63. The molecule has 2 aromatic carbocycles. The first-order chi connectivity index (χ1) is 19.1. The summed E-state index contributed by atoms with van der Waals surface area (Å²) in [5, 5.41) is 3.21. The molecule has 2 atom stereocenters.